The van der Waals surface area contributed by atoms with Crippen molar-refractivity contribution in [3.63, 3.8) is 0 Å². The van der Waals surface area contributed by atoms with E-state index in [4.69, 9.17) is 5.11 Å². The molecule has 3 N–H and O–H groups in total. The van der Waals surface area contributed by atoms with Gasteiger partial charge in [-0.25, -0.2) is 0 Å². The van der Waals surface area contributed by atoms with Gasteiger partial charge in [-0.05, 0) is 30.8 Å². The van der Waals surface area contributed by atoms with Gasteiger partial charge in [-0.15, -0.1) is 6.58 Å². The molecule has 3 atom stereocenters. The molecule has 0 aromatic rings. The van der Waals surface area contributed by atoms with E-state index in [1.807, 2.05) is 0 Å². The number of hydrogen-bond donors (Lipinski definition) is 3. The molecule has 0 amide bonds. The van der Waals surface area contributed by atoms with Crippen molar-refractivity contribution in [3.8, 4) is 23.7 Å². The van der Waals surface area contributed by atoms with Gasteiger partial charge in [0.2, 0.25) is 0 Å². The van der Waals surface area contributed by atoms with Crippen LogP contribution in [0.5, 0.6) is 0 Å². The normalized spacial score (nSPS) is 14.8. The highest BCUT2D eigenvalue weighted by Gasteiger charge is 2.10. The van der Waals surface area contributed by atoms with E-state index in [0.717, 1.165) is 0 Å². The molecule has 0 heterocycles. The zero-order chi connectivity index (χ0) is 15.2. The van der Waals surface area contributed by atoms with Crippen molar-refractivity contribution in [3.05, 3.63) is 49.6 Å². The molecule has 0 aromatic carbocycles. The topological polar surface area (TPSA) is 60.7 Å². The van der Waals surface area contributed by atoms with Crippen LogP contribution in [-0.4, -0.2) is 33.6 Å². The molecule has 0 saturated carbocycles. The lowest BCUT2D eigenvalue weighted by molar-refractivity contribution is 0.0510. The first-order valence-corrected chi connectivity index (χ1v) is 6.22. The first-order valence-electron chi connectivity index (χ1n) is 6.22. The molecule has 0 aliphatic heterocycles. The molecule has 0 spiro atoms. The van der Waals surface area contributed by atoms with Crippen molar-refractivity contribution in [2.75, 3.05) is 0 Å². The van der Waals surface area contributed by atoms with E-state index >= 15 is 0 Å². The molecule has 0 aromatic heterocycles. The fourth-order valence-electron chi connectivity index (χ4n) is 1.09. The smallest absolute Gasteiger partial charge is 0.134 e. The second-order valence-corrected chi connectivity index (χ2v) is 3.87. The van der Waals surface area contributed by atoms with E-state index in [-0.39, 0.29) is 6.42 Å². The van der Waals surface area contributed by atoms with Crippen LogP contribution >= 0.6 is 0 Å². The SMILES string of the molecule is C=CC/C=C\C(O)C(O)C/C=C/C#CC#CC(O)C=C. The maximum absolute atomic E-state index is 9.63. The quantitative estimate of drug-likeness (QED) is 0.484. The van der Waals surface area contributed by atoms with Gasteiger partial charge in [0.05, 0.1) is 12.2 Å². The summed E-state index contributed by atoms with van der Waals surface area (Å²) >= 11 is 0. The Morgan fingerprint density at radius 3 is 2.45 bits per heavy atom. The Labute approximate surface area is 120 Å². The summed E-state index contributed by atoms with van der Waals surface area (Å²) in [7, 11) is 0. The maximum Gasteiger partial charge on any atom is 0.134 e. The van der Waals surface area contributed by atoms with Crippen LogP contribution in [-0.2, 0) is 0 Å². The monoisotopic (exact) mass is 272 g/mol. The molecule has 106 valence electrons. The van der Waals surface area contributed by atoms with Crippen molar-refractivity contribution in [1.29, 1.82) is 0 Å². The second kappa shape index (κ2) is 12.0. The Balaban J connectivity index is 4.11. The van der Waals surface area contributed by atoms with Gasteiger partial charge in [-0.3, -0.25) is 0 Å². The highest BCUT2D eigenvalue weighted by molar-refractivity contribution is 5.32. The van der Waals surface area contributed by atoms with Gasteiger partial charge < -0.3 is 15.3 Å². The van der Waals surface area contributed by atoms with Gasteiger partial charge in [0, 0.05) is 0 Å². The van der Waals surface area contributed by atoms with Crippen LogP contribution in [0.2, 0.25) is 0 Å². The molecule has 0 bridgehead atoms. The van der Waals surface area contributed by atoms with Crippen LogP contribution in [0.1, 0.15) is 12.8 Å². The Hall–Kier alpha value is -2.04. The summed E-state index contributed by atoms with van der Waals surface area (Å²) in [4.78, 5) is 0. The van der Waals surface area contributed by atoms with Crippen LogP contribution in [0.15, 0.2) is 49.6 Å². The van der Waals surface area contributed by atoms with Crippen LogP contribution in [0.25, 0.3) is 0 Å². The molecule has 3 heteroatoms. The van der Waals surface area contributed by atoms with Crippen molar-refractivity contribution in [2.24, 2.45) is 0 Å². The van der Waals surface area contributed by atoms with E-state index < -0.39 is 18.3 Å². The molecule has 0 aliphatic carbocycles. The van der Waals surface area contributed by atoms with E-state index in [1.165, 1.54) is 12.2 Å². The van der Waals surface area contributed by atoms with Gasteiger partial charge >= 0.3 is 0 Å². The lowest BCUT2D eigenvalue weighted by atomic mass is 10.1. The molecular formula is C17H20O3. The highest BCUT2D eigenvalue weighted by atomic mass is 16.3. The zero-order valence-electron chi connectivity index (χ0n) is 11.4. The fourth-order valence-corrected chi connectivity index (χ4v) is 1.09. The predicted molar refractivity (Wildman–Crippen MR) is 81.5 cm³/mol. The number of aliphatic hydroxyl groups is 3. The lowest BCUT2D eigenvalue weighted by Gasteiger charge is -2.11. The molecule has 3 unspecified atom stereocenters. The number of allylic oxidation sites excluding steroid dienone is 3. The third kappa shape index (κ3) is 9.94. The van der Waals surface area contributed by atoms with Gasteiger partial charge in [-0.2, -0.15) is 0 Å². The molecular weight excluding hydrogens is 252 g/mol. The Morgan fingerprint density at radius 2 is 1.80 bits per heavy atom. The Bertz CT molecular complexity index is 466. The van der Waals surface area contributed by atoms with E-state index in [1.54, 1.807) is 24.3 Å². The molecule has 0 fully saturated rings. The minimum atomic E-state index is -0.907. The molecule has 0 aliphatic rings. The number of hydrogen-bond acceptors (Lipinski definition) is 3. The summed E-state index contributed by atoms with van der Waals surface area (Å²) in [6, 6.07) is 0. The fraction of sp³-hybridized carbons (Fsp3) is 0.294. The Morgan fingerprint density at radius 1 is 1.05 bits per heavy atom. The molecule has 0 rings (SSSR count). The van der Waals surface area contributed by atoms with Crippen LogP contribution in [0.3, 0.4) is 0 Å². The molecule has 0 radical (unpaired) electrons. The summed E-state index contributed by atoms with van der Waals surface area (Å²) in [6.07, 6.45) is 7.77. The van der Waals surface area contributed by atoms with Crippen molar-refractivity contribution >= 4 is 0 Å². The van der Waals surface area contributed by atoms with E-state index in [9.17, 15) is 10.2 Å². The highest BCUT2D eigenvalue weighted by Crippen LogP contribution is 2.02. The third-order valence-electron chi connectivity index (χ3n) is 2.19. The summed E-state index contributed by atoms with van der Waals surface area (Å²) in [5.41, 5.74) is 0. The van der Waals surface area contributed by atoms with Gasteiger partial charge in [0.25, 0.3) is 0 Å². The minimum absolute atomic E-state index is 0.289. The predicted octanol–water partition coefficient (Wildman–Crippen LogP) is 1.34. The maximum atomic E-state index is 9.63. The van der Waals surface area contributed by atoms with Crippen molar-refractivity contribution in [2.45, 2.75) is 31.2 Å². The standard InChI is InChI=1S/C17H20O3/c1-3-5-9-13-16(19)17(20)14-11-8-6-7-10-12-15(18)4-2/h3-4,8-9,11,13,15-20H,1-2,5,14H2/b11-8+,13-9-. The zero-order valence-corrected chi connectivity index (χ0v) is 11.4. The number of aliphatic hydroxyl groups excluding tert-OH is 3. The largest absolute Gasteiger partial charge is 0.390 e. The summed E-state index contributed by atoms with van der Waals surface area (Å²) < 4.78 is 0. The summed E-state index contributed by atoms with van der Waals surface area (Å²) in [6.45, 7) is 6.92. The van der Waals surface area contributed by atoms with E-state index in [0.29, 0.717) is 6.42 Å². The minimum Gasteiger partial charge on any atom is -0.390 e. The van der Waals surface area contributed by atoms with E-state index in [2.05, 4.69) is 36.8 Å². The van der Waals surface area contributed by atoms with Crippen molar-refractivity contribution in [1.82, 2.24) is 0 Å². The number of rotatable bonds is 7. The van der Waals surface area contributed by atoms with Crippen LogP contribution in [0, 0.1) is 23.7 Å². The summed E-state index contributed by atoms with van der Waals surface area (Å²) in [5, 5.41) is 28.2. The van der Waals surface area contributed by atoms with Gasteiger partial charge in [0.1, 0.15) is 6.10 Å². The average Bonchev–Trinajstić information content (AvgIpc) is 2.45. The van der Waals surface area contributed by atoms with Crippen LogP contribution in [0.4, 0.5) is 0 Å². The first kappa shape index (κ1) is 18.0. The summed E-state index contributed by atoms with van der Waals surface area (Å²) in [5.74, 6) is 10.1. The molecule has 20 heavy (non-hydrogen) atoms. The average molecular weight is 272 g/mol. The Kier molecular flexibility index (Phi) is 10.8. The van der Waals surface area contributed by atoms with Crippen LogP contribution < -0.4 is 0 Å². The molecule has 3 nitrogen and oxygen atoms in total. The van der Waals surface area contributed by atoms with Gasteiger partial charge in [-0.1, -0.05) is 48.8 Å². The van der Waals surface area contributed by atoms with Gasteiger partial charge in [0.15, 0.2) is 0 Å². The third-order valence-corrected chi connectivity index (χ3v) is 2.19. The molecule has 0 saturated heterocycles. The van der Waals surface area contributed by atoms with Crippen molar-refractivity contribution < 1.29 is 15.3 Å². The second-order valence-electron chi connectivity index (χ2n) is 3.87. The lowest BCUT2D eigenvalue weighted by Crippen LogP contribution is -2.22. The first-order chi connectivity index (χ1) is 9.61.